The zero-order valence-electron chi connectivity index (χ0n) is 14.0. The molecule has 0 aliphatic heterocycles. The predicted octanol–water partition coefficient (Wildman–Crippen LogP) is 3.36. The highest BCUT2D eigenvalue weighted by molar-refractivity contribution is 6.30. The maximum Gasteiger partial charge on any atom is 0.233 e. The van der Waals surface area contributed by atoms with Crippen LogP contribution in [0.5, 0.6) is 5.75 Å². The molecule has 0 heterocycles. The minimum atomic E-state index is -0.0289. The number of hydrogen-bond donors (Lipinski definition) is 2. The summed E-state index contributed by atoms with van der Waals surface area (Å²) in [6.45, 7) is 2.85. The van der Waals surface area contributed by atoms with Crippen LogP contribution in [0.15, 0.2) is 48.5 Å². The molecule has 0 spiro atoms. The number of methoxy groups -OCH3 is 1. The lowest BCUT2D eigenvalue weighted by molar-refractivity contribution is -0.120. The van der Waals surface area contributed by atoms with Gasteiger partial charge in [-0.05, 0) is 42.7 Å². The van der Waals surface area contributed by atoms with Gasteiger partial charge in [-0.2, -0.15) is 0 Å². The molecule has 1 atom stereocenters. The molecule has 0 saturated heterocycles. The fourth-order valence-electron chi connectivity index (χ4n) is 2.45. The second-order valence-electron chi connectivity index (χ2n) is 5.57. The Morgan fingerprint density at radius 2 is 2.00 bits per heavy atom. The summed E-state index contributed by atoms with van der Waals surface area (Å²) in [6, 6.07) is 15.5. The van der Waals surface area contributed by atoms with Crippen molar-refractivity contribution in [3.05, 3.63) is 64.7 Å². The molecule has 0 aliphatic carbocycles. The average molecular weight is 347 g/mol. The lowest BCUT2D eigenvalue weighted by Gasteiger charge is -2.14. The highest BCUT2D eigenvalue weighted by Crippen LogP contribution is 2.18. The quantitative estimate of drug-likeness (QED) is 0.770. The molecule has 128 valence electrons. The van der Waals surface area contributed by atoms with Crippen molar-refractivity contribution in [1.29, 1.82) is 0 Å². The van der Waals surface area contributed by atoms with Crippen LogP contribution in [0.2, 0.25) is 5.02 Å². The maximum atomic E-state index is 12.0. The Morgan fingerprint density at radius 3 is 2.75 bits per heavy atom. The molecule has 0 aromatic heterocycles. The molecule has 24 heavy (non-hydrogen) atoms. The van der Waals surface area contributed by atoms with E-state index in [1.807, 2.05) is 55.5 Å². The number of carbonyl (C=O) groups is 1. The van der Waals surface area contributed by atoms with Gasteiger partial charge in [0.2, 0.25) is 5.91 Å². The van der Waals surface area contributed by atoms with Gasteiger partial charge in [-0.25, -0.2) is 0 Å². The van der Waals surface area contributed by atoms with Crippen LogP contribution in [0.25, 0.3) is 0 Å². The van der Waals surface area contributed by atoms with Crippen LogP contribution < -0.4 is 15.4 Å². The third kappa shape index (κ3) is 5.55. The lowest BCUT2D eigenvalue weighted by Crippen LogP contribution is -2.36. The van der Waals surface area contributed by atoms with Crippen molar-refractivity contribution in [2.45, 2.75) is 19.4 Å². The zero-order valence-corrected chi connectivity index (χ0v) is 14.8. The monoisotopic (exact) mass is 346 g/mol. The maximum absolute atomic E-state index is 12.0. The van der Waals surface area contributed by atoms with Crippen LogP contribution >= 0.6 is 11.6 Å². The standard InChI is InChI=1S/C19H23ClN2O2/c1-14(16-7-5-8-17(20)12-16)22-13-19(23)21-11-10-15-6-3-4-9-18(15)24-2/h3-9,12,14,22H,10-11,13H2,1-2H3,(H,21,23)/t14-/m0/s1. The summed E-state index contributed by atoms with van der Waals surface area (Å²) in [5.41, 5.74) is 2.14. The topological polar surface area (TPSA) is 50.4 Å². The first-order chi connectivity index (χ1) is 11.6. The molecule has 0 fully saturated rings. The Morgan fingerprint density at radius 1 is 1.21 bits per heavy atom. The summed E-state index contributed by atoms with van der Waals surface area (Å²) in [5, 5.41) is 6.82. The van der Waals surface area contributed by atoms with E-state index in [0.717, 1.165) is 23.3 Å². The van der Waals surface area contributed by atoms with Gasteiger partial charge in [-0.15, -0.1) is 0 Å². The van der Waals surface area contributed by atoms with Crippen LogP contribution in [0.3, 0.4) is 0 Å². The molecule has 2 rings (SSSR count). The Bertz CT molecular complexity index is 676. The second-order valence-corrected chi connectivity index (χ2v) is 6.01. The second kappa shape index (κ2) is 9.30. The summed E-state index contributed by atoms with van der Waals surface area (Å²) in [7, 11) is 1.65. The number of para-hydroxylation sites is 1. The smallest absolute Gasteiger partial charge is 0.233 e. The van der Waals surface area contributed by atoms with Gasteiger partial charge in [0.25, 0.3) is 0 Å². The SMILES string of the molecule is COc1ccccc1CCNC(=O)CN[C@@H](C)c1cccc(Cl)c1. The molecular weight excluding hydrogens is 324 g/mol. The lowest BCUT2D eigenvalue weighted by atomic mass is 10.1. The van der Waals surface area contributed by atoms with Crippen LogP contribution in [-0.2, 0) is 11.2 Å². The minimum Gasteiger partial charge on any atom is -0.496 e. The van der Waals surface area contributed by atoms with E-state index >= 15 is 0 Å². The summed E-state index contributed by atoms with van der Waals surface area (Å²) >= 11 is 5.99. The van der Waals surface area contributed by atoms with Crippen LogP contribution in [0.1, 0.15) is 24.1 Å². The first-order valence-electron chi connectivity index (χ1n) is 7.97. The summed E-state index contributed by atoms with van der Waals surface area (Å²) in [6.07, 6.45) is 0.736. The van der Waals surface area contributed by atoms with E-state index in [0.29, 0.717) is 11.6 Å². The molecule has 2 aromatic rings. The Labute approximate surface area is 148 Å². The number of halogens is 1. The van der Waals surface area contributed by atoms with Gasteiger partial charge >= 0.3 is 0 Å². The van der Waals surface area contributed by atoms with Gasteiger partial charge in [0, 0.05) is 17.6 Å². The van der Waals surface area contributed by atoms with Gasteiger partial charge in [-0.1, -0.05) is 41.9 Å². The number of hydrogen-bond acceptors (Lipinski definition) is 3. The van der Waals surface area contributed by atoms with Crippen LogP contribution in [0, 0.1) is 0 Å². The van der Waals surface area contributed by atoms with E-state index in [2.05, 4.69) is 10.6 Å². The Balaban J connectivity index is 1.73. The fourth-order valence-corrected chi connectivity index (χ4v) is 2.65. The predicted molar refractivity (Wildman–Crippen MR) is 97.6 cm³/mol. The normalized spacial score (nSPS) is 11.8. The van der Waals surface area contributed by atoms with E-state index in [9.17, 15) is 4.79 Å². The summed E-state index contributed by atoms with van der Waals surface area (Å²) < 4.78 is 5.30. The largest absolute Gasteiger partial charge is 0.496 e. The number of nitrogens with one attached hydrogen (secondary N) is 2. The average Bonchev–Trinajstić information content (AvgIpc) is 2.60. The Kier molecular flexibility index (Phi) is 7.09. The van der Waals surface area contributed by atoms with Crippen molar-refractivity contribution in [1.82, 2.24) is 10.6 Å². The van der Waals surface area contributed by atoms with Crippen molar-refractivity contribution < 1.29 is 9.53 Å². The van der Waals surface area contributed by atoms with Crippen molar-refractivity contribution >= 4 is 17.5 Å². The summed E-state index contributed by atoms with van der Waals surface area (Å²) in [5.74, 6) is 0.818. The highest BCUT2D eigenvalue weighted by atomic mass is 35.5. The molecule has 0 saturated carbocycles. The molecule has 0 radical (unpaired) electrons. The molecule has 2 aromatic carbocycles. The van der Waals surface area contributed by atoms with Gasteiger partial charge in [0.05, 0.1) is 13.7 Å². The highest BCUT2D eigenvalue weighted by Gasteiger charge is 2.08. The van der Waals surface area contributed by atoms with E-state index in [4.69, 9.17) is 16.3 Å². The van der Waals surface area contributed by atoms with Crippen molar-refractivity contribution in [2.75, 3.05) is 20.2 Å². The van der Waals surface area contributed by atoms with Gasteiger partial charge in [0.15, 0.2) is 0 Å². The Hall–Kier alpha value is -2.04. The fraction of sp³-hybridized carbons (Fsp3) is 0.316. The number of ether oxygens (including phenoxy) is 1. The molecule has 0 bridgehead atoms. The minimum absolute atomic E-state index is 0.0289. The van der Waals surface area contributed by atoms with Gasteiger partial charge in [0.1, 0.15) is 5.75 Å². The van der Waals surface area contributed by atoms with Crippen molar-refractivity contribution in [3.8, 4) is 5.75 Å². The van der Waals surface area contributed by atoms with E-state index in [1.165, 1.54) is 0 Å². The third-order valence-electron chi connectivity index (χ3n) is 3.83. The number of benzene rings is 2. The third-order valence-corrected chi connectivity index (χ3v) is 4.06. The molecule has 2 N–H and O–H groups in total. The van der Waals surface area contributed by atoms with E-state index < -0.39 is 0 Å². The van der Waals surface area contributed by atoms with Gasteiger partial charge in [-0.3, -0.25) is 4.79 Å². The molecule has 5 heteroatoms. The van der Waals surface area contributed by atoms with Gasteiger partial charge < -0.3 is 15.4 Å². The number of rotatable bonds is 8. The first kappa shape index (κ1) is 18.3. The summed E-state index contributed by atoms with van der Waals surface area (Å²) in [4.78, 5) is 12.0. The number of amides is 1. The molecule has 1 amide bonds. The van der Waals surface area contributed by atoms with Crippen molar-refractivity contribution in [2.24, 2.45) is 0 Å². The molecule has 4 nitrogen and oxygen atoms in total. The molecule has 0 aliphatic rings. The van der Waals surface area contributed by atoms with Crippen LogP contribution in [-0.4, -0.2) is 26.1 Å². The molecular formula is C19H23ClN2O2. The van der Waals surface area contributed by atoms with E-state index in [1.54, 1.807) is 7.11 Å². The molecule has 0 unspecified atom stereocenters. The first-order valence-corrected chi connectivity index (χ1v) is 8.35. The zero-order chi connectivity index (χ0) is 17.4. The van der Waals surface area contributed by atoms with Crippen LogP contribution in [0.4, 0.5) is 0 Å². The van der Waals surface area contributed by atoms with Crippen molar-refractivity contribution in [3.63, 3.8) is 0 Å². The number of carbonyl (C=O) groups excluding carboxylic acids is 1. The van der Waals surface area contributed by atoms with E-state index in [-0.39, 0.29) is 18.5 Å².